The van der Waals surface area contributed by atoms with Gasteiger partial charge in [-0.25, -0.2) is 4.79 Å². The molecule has 1 fully saturated rings. The quantitative estimate of drug-likeness (QED) is 0.792. The standard InChI is InChI=1S/C17H23NO3S2/c1-3-9-18-15(19)12(2)21-16(20)13-5-7-14(8-6-13)17-22-10-4-11-23-17/h5-8,12,17H,3-4,9-11H2,1-2H3,(H,18,19)/t12-/m1/s1. The van der Waals surface area contributed by atoms with Gasteiger partial charge in [0.15, 0.2) is 6.10 Å². The van der Waals surface area contributed by atoms with E-state index in [1.54, 1.807) is 19.1 Å². The van der Waals surface area contributed by atoms with Gasteiger partial charge in [-0.3, -0.25) is 4.79 Å². The average Bonchev–Trinajstić information content (AvgIpc) is 2.60. The number of amides is 1. The molecule has 126 valence electrons. The van der Waals surface area contributed by atoms with Gasteiger partial charge in [0.1, 0.15) is 0 Å². The zero-order valence-electron chi connectivity index (χ0n) is 13.5. The second-order valence-electron chi connectivity index (χ2n) is 5.39. The molecular formula is C17H23NO3S2. The summed E-state index contributed by atoms with van der Waals surface area (Å²) in [6, 6.07) is 7.52. The minimum Gasteiger partial charge on any atom is -0.449 e. The van der Waals surface area contributed by atoms with Gasteiger partial charge in [-0.1, -0.05) is 19.1 Å². The summed E-state index contributed by atoms with van der Waals surface area (Å²) in [7, 11) is 0. The molecule has 2 rings (SSSR count). The fourth-order valence-corrected chi connectivity index (χ4v) is 5.02. The van der Waals surface area contributed by atoms with Crippen molar-refractivity contribution in [2.75, 3.05) is 18.1 Å². The molecule has 1 heterocycles. The van der Waals surface area contributed by atoms with Crippen molar-refractivity contribution in [2.45, 2.75) is 37.4 Å². The minimum absolute atomic E-state index is 0.258. The minimum atomic E-state index is -0.779. The molecule has 1 aliphatic heterocycles. The third kappa shape index (κ3) is 5.46. The molecule has 0 bridgehead atoms. The highest BCUT2D eigenvalue weighted by atomic mass is 32.2. The van der Waals surface area contributed by atoms with Crippen LogP contribution in [-0.4, -0.2) is 36.0 Å². The van der Waals surface area contributed by atoms with Gasteiger partial charge in [0, 0.05) is 6.54 Å². The highest BCUT2D eigenvalue weighted by molar-refractivity contribution is 8.16. The smallest absolute Gasteiger partial charge is 0.338 e. The predicted molar refractivity (Wildman–Crippen MR) is 96.9 cm³/mol. The molecule has 4 nitrogen and oxygen atoms in total. The van der Waals surface area contributed by atoms with Crippen LogP contribution in [0.5, 0.6) is 0 Å². The number of carbonyl (C=O) groups is 2. The number of nitrogens with one attached hydrogen (secondary N) is 1. The molecule has 23 heavy (non-hydrogen) atoms. The second-order valence-corrected chi connectivity index (χ2v) is 8.11. The van der Waals surface area contributed by atoms with Crippen molar-refractivity contribution >= 4 is 35.4 Å². The van der Waals surface area contributed by atoms with E-state index in [2.05, 4.69) is 5.32 Å². The number of ether oxygens (including phenoxy) is 1. The van der Waals surface area contributed by atoms with Crippen LogP contribution in [0.1, 0.15) is 47.2 Å². The summed E-state index contributed by atoms with van der Waals surface area (Å²) in [5.74, 6) is 1.66. The highest BCUT2D eigenvalue weighted by Crippen LogP contribution is 2.43. The molecule has 1 amide bonds. The molecule has 0 saturated carbocycles. The first-order valence-corrected chi connectivity index (χ1v) is 10.0. The Labute approximate surface area is 146 Å². The van der Waals surface area contributed by atoms with Gasteiger partial charge in [-0.2, -0.15) is 0 Å². The normalized spacial score (nSPS) is 16.6. The Balaban J connectivity index is 1.90. The van der Waals surface area contributed by atoms with E-state index in [1.807, 2.05) is 42.6 Å². The Kier molecular flexibility index (Phi) is 7.30. The molecule has 1 aliphatic rings. The second kappa shape index (κ2) is 9.23. The summed E-state index contributed by atoms with van der Waals surface area (Å²) >= 11 is 3.89. The number of esters is 1. The lowest BCUT2D eigenvalue weighted by molar-refractivity contribution is -0.129. The fourth-order valence-electron chi connectivity index (χ4n) is 2.13. The molecule has 1 atom stereocenters. The van der Waals surface area contributed by atoms with Crippen LogP contribution in [0.15, 0.2) is 24.3 Å². The highest BCUT2D eigenvalue weighted by Gasteiger charge is 2.20. The van der Waals surface area contributed by atoms with Crippen LogP contribution in [0.4, 0.5) is 0 Å². The average molecular weight is 354 g/mol. The first-order valence-electron chi connectivity index (χ1n) is 7.93. The maximum atomic E-state index is 12.1. The van der Waals surface area contributed by atoms with E-state index in [0.29, 0.717) is 16.7 Å². The summed E-state index contributed by atoms with van der Waals surface area (Å²) in [6.45, 7) is 4.15. The summed E-state index contributed by atoms with van der Waals surface area (Å²) in [4.78, 5) is 23.8. The Hall–Kier alpha value is -1.14. The Morgan fingerprint density at radius 2 is 1.91 bits per heavy atom. The van der Waals surface area contributed by atoms with Crippen LogP contribution in [-0.2, 0) is 9.53 Å². The van der Waals surface area contributed by atoms with Gasteiger partial charge < -0.3 is 10.1 Å². The molecular weight excluding hydrogens is 330 g/mol. The third-order valence-electron chi connectivity index (χ3n) is 3.45. The maximum Gasteiger partial charge on any atom is 0.338 e. The van der Waals surface area contributed by atoms with Crippen LogP contribution in [0, 0.1) is 0 Å². The van der Waals surface area contributed by atoms with Gasteiger partial charge in [0.25, 0.3) is 5.91 Å². The Morgan fingerprint density at radius 1 is 1.26 bits per heavy atom. The van der Waals surface area contributed by atoms with Crippen molar-refractivity contribution in [2.24, 2.45) is 0 Å². The number of thioether (sulfide) groups is 2. The first kappa shape index (κ1) is 18.2. The van der Waals surface area contributed by atoms with Crippen molar-refractivity contribution in [3.63, 3.8) is 0 Å². The molecule has 0 spiro atoms. The SMILES string of the molecule is CCCNC(=O)[C@@H](C)OC(=O)c1ccc(C2SCCCS2)cc1. The monoisotopic (exact) mass is 353 g/mol. The number of hydrogen-bond donors (Lipinski definition) is 1. The van der Waals surface area contributed by atoms with Crippen molar-refractivity contribution in [3.8, 4) is 0 Å². The number of rotatable bonds is 6. The van der Waals surface area contributed by atoms with E-state index in [1.165, 1.54) is 23.5 Å². The summed E-state index contributed by atoms with van der Waals surface area (Å²) in [5.41, 5.74) is 1.71. The van der Waals surface area contributed by atoms with Gasteiger partial charge in [-0.05, 0) is 49.0 Å². The van der Waals surface area contributed by atoms with Crippen LogP contribution in [0.25, 0.3) is 0 Å². The van der Waals surface area contributed by atoms with E-state index >= 15 is 0 Å². The van der Waals surface area contributed by atoms with E-state index in [9.17, 15) is 9.59 Å². The lowest BCUT2D eigenvalue weighted by Crippen LogP contribution is -2.36. The molecule has 1 saturated heterocycles. The van der Waals surface area contributed by atoms with Gasteiger partial charge in [0.05, 0.1) is 10.1 Å². The lowest BCUT2D eigenvalue weighted by atomic mass is 10.1. The molecule has 0 unspecified atom stereocenters. The van der Waals surface area contributed by atoms with Crippen LogP contribution < -0.4 is 5.32 Å². The van der Waals surface area contributed by atoms with Crippen LogP contribution >= 0.6 is 23.5 Å². The van der Waals surface area contributed by atoms with Crippen molar-refractivity contribution in [1.29, 1.82) is 0 Å². The van der Waals surface area contributed by atoms with E-state index in [-0.39, 0.29) is 5.91 Å². The molecule has 1 N–H and O–H groups in total. The molecule has 0 aromatic heterocycles. The summed E-state index contributed by atoms with van der Waals surface area (Å²) in [5, 5.41) is 2.72. The number of benzene rings is 1. The third-order valence-corrected chi connectivity index (χ3v) is 6.46. The van der Waals surface area contributed by atoms with Crippen molar-refractivity contribution in [3.05, 3.63) is 35.4 Å². The molecule has 0 aliphatic carbocycles. The summed E-state index contributed by atoms with van der Waals surface area (Å²) < 4.78 is 5.67. The predicted octanol–water partition coefficient (Wildman–Crippen LogP) is 3.63. The van der Waals surface area contributed by atoms with Gasteiger partial charge in [0.2, 0.25) is 0 Å². The molecule has 1 aromatic carbocycles. The van der Waals surface area contributed by atoms with Gasteiger partial charge in [-0.15, -0.1) is 23.5 Å². The van der Waals surface area contributed by atoms with E-state index < -0.39 is 12.1 Å². The summed E-state index contributed by atoms with van der Waals surface area (Å²) in [6.07, 6.45) is 1.33. The number of hydrogen-bond acceptors (Lipinski definition) is 5. The Morgan fingerprint density at radius 3 is 2.52 bits per heavy atom. The fraction of sp³-hybridized carbons (Fsp3) is 0.529. The van der Waals surface area contributed by atoms with E-state index in [4.69, 9.17) is 4.74 Å². The van der Waals surface area contributed by atoms with Crippen molar-refractivity contribution < 1.29 is 14.3 Å². The molecule has 1 aromatic rings. The van der Waals surface area contributed by atoms with Gasteiger partial charge >= 0.3 is 5.97 Å². The maximum absolute atomic E-state index is 12.1. The zero-order chi connectivity index (χ0) is 16.7. The van der Waals surface area contributed by atoms with Crippen LogP contribution in [0.3, 0.4) is 0 Å². The number of carbonyl (C=O) groups excluding carboxylic acids is 2. The van der Waals surface area contributed by atoms with Crippen LogP contribution in [0.2, 0.25) is 0 Å². The molecule has 0 radical (unpaired) electrons. The zero-order valence-corrected chi connectivity index (χ0v) is 15.2. The topological polar surface area (TPSA) is 55.4 Å². The first-order chi connectivity index (χ1) is 11.1. The van der Waals surface area contributed by atoms with Crippen molar-refractivity contribution in [1.82, 2.24) is 5.32 Å². The lowest BCUT2D eigenvalue weighted by Gasteiger charge is -2.21. The van der Waals surface area contributed by atoms with E-state index in [0.717, 1.165) is 6.42 Å². The Bertz CT molecular complexity index is 527. The largest absolute Gasteiger partial charge is 0.449 e. The molecule has 6 heteroatoms.